The number of amides is 1. The lowest BCUT2D eigenvalue weighted by Crippen LogP contribution is -2.36. The molecule has 1 aromatic carbocycles. The molecule has 1 aliphatic heterocycles. The monoisotopic (exact) mass is 451 g/mol. The third-order valence-electron chi connectivity index (χ3n) is 6.85. The number of aromatic amines is 1. The fourth-order valence-electron chi connectivity index (χ4n) is 5.42. The highest BCUT2D eigenvalue weighted by molar-refractivity contribution is 5.95. The van der Waals surface area contributed by atoms with Crippen molar-refractivity contribution in [2.75, 3.05) is 20.2 Å². The maximum absolute atomic E-state index is 14.0. The van der Waals surface area contributed by atoms with E-state index in [2.05, 4.69) is 16.0 Å². The Morgan fingerprint density at radius 3 is 2.52 bits per heavy atom. The summed E-state index contributed by atoms with van der Waals surface area (Å²) in [5.74, 6) is 1.67. The van der Waals surface area contributed by atoms with Crippen molar-refractivity contribution in [3.05, 3.63) is 48.0 Å². The number of likely N-dealkylation sites (tertiary alicyclic amines) is 1. The Bertz CT molecular complexity index is 1190. The number of pyridine rings is 1. The van der Waals surface area contributed by atoms with E-state index >= 15 is 0 Å². The Hall–Kier alpha value is -3.09. The maximum atomic E-state index is 14.0. The molecule has 1 amide bonds. The lowest BCUT2D eigenvalue weighted by Gasteiger charge is -2.25. The number of fused-ring (bicyclic) bond motifs is 2. The van der Waals surface area contributed by atoms with Crippen molar-refractivity contribution < 1.29 is 18.7 Å². The molecule has 174 valence electrons. The van der Waals surface area contributed by atoms with Crippen LogP contribution in [0.3, 0.4) is 0 Å². The number of benzene rings is 1. The van der Waals surface area contributed by atoms with Crippen LogP contribution in [-0.2, 0) is 4.74 Å². The summed E-state index contributed by atoms with van der Waals surface area (Å²) in [5, 5.41) is 0.962. The molecule has 1 saturated carbocycles. The number of hydrogen-bond acceptors (Lipinski definition) is 4. The van der Waals surface area contributed by atoms with Gasteiger partial charge in [-0.25, -0.2) is 14.2 Å². The molecule has 0 spiro atoms. The summed E-state index contributed by atoms with van der Waals surface area (Å²) in [6.07, 6.45) is 3.58. The van der Waals surface area contributed by atoms with Crippen LogP contribution in [0.1, 0.15) is 45.2 Å². The lowest BCUT2D eigenvalue weighted by molar-refractivity contribution is 0.0279. The summed E-state index contributed by atoms with van der Waals surface area (Å²) < 4.78 is 25.1. The molecule has 2 unspecified atom stereocenters. The molecule has 2 atom stereocenters. The average Bonchev–Trinajstić information content (AvgIpc) is 3.44. The molecule has 2 aliphatic rings. The van der Waals surface area contributed by atoms with E-state index in [1.54, 1.807) is 19.4 Å². The van der Waals surface area contributed by atoms with Gasteiger partial charge in [0, 0.05) is 35.9 Å². The fourth-order valence-corrected chi connectivity index (χ4v) is 5.42. The van der Waals surface area contributed by atoms with Crippen LogP contribution in [0.25, 0.3) is 22.2 Å². The second-order valence-electron chi connectivity index (χ2n) is 10.3. The molecule has 1 saturated heterocycles. The molecule has 2 aromatic heterocycles. The summed E-state index contributed by atoms with van der Waals surface area (Å²) in [7, 11) is 1.59. The molecule has 1 N–H and O–H groups in total. The van der Waals surface area contributed by atoms with E-state index in [0.717, 1.165) is 48.2 Å². The topological polar surface area (TPSA) is 67.5 Å². The Balaban J connectivity index is 1.37. The SMILES string of the molecule is COc1ccc(F)cc1-c1ccnc2[nH]c(C3CC4CN(C(=O)OC(C)(C)C)CC4C3)cc12. The van der Waals surface area contributed by atoms with Crippen LogP contribution in [-0.4, -0.2) is 46.8 Å². The number of nitrogens with one attached hydrogen (secondary N) is 1. The number of rotatable bonds is 3. The van der Waals surface area contributed by atoms with Crippen molar-refractivity contribution in [2.24, 2.45) is 11.8 Å². The van der Waals surface area contributed by atoms with E-state index < -0.39 is 5.60 Å². The zero-order chi connectivity index (χ0) is 23.3. The Kier molecular flexibility index (Phi) is 5.30. The van der Waals surface area contributed by atoms with Gasteiger partial charge in [0.25, 0.3) is 0 Å². The first-order valence-corrected chi connectivity index (χ1v) is 11.5. The first-order chi connectivity index (χ1) is 15.7. The van der Waals surface area contributed by atoms with Gasteiger partial charge in [-0.3, -0.25) is 0 Å². The molecular weight excluding hydrogens is 421 g/mol. The second-order valence-corrected chi connectivity index (χ2v) is 10.3. The van der Waals surface area contributed by atoms with Gasteiger partial charge in [-0.15, -0.1) is 0 Å². The minimum absolute atomic E-state index is 0.211. The maximum Gasteiger partial charge on any atom is 0.410 e. The normalized spacial score (nSPS) is 22.6. The van der Waals surface area contributed by atoms with Gasteiger partial charge in [0.2, 0.25) is 0 Å². The molecule has 6 nitrogen and oxygen atoms in total. The van der Waals surface area contributed by atoms with Crippen molar-refractivity contribution in [3.63, 3.8) is 0 Å². The molecule has 0 bridgehead atoms. The lowest BCUT2D eigenvalue weighted by atomic mass is 9.99. The Labute approximate surface area is 193 Å². The number of methoxy groups -OCH3 is 1. The van der Waals surface area contributed by atoms with Crippen LogP contribution in [0.5, 0.6) is 5.75 Å². The third kappa shape index (κ3) is 4.16. The van der Waals surface area contributed by atoms with Gasteiger partial charge in [0.1, 0.15) is 22.8 Å². The van der Waals surface area contributed by atoms with E-state index in [1.807, 2.05) is 31.7 Å². The molecule has 3 aromatic rings. The highest BCUT2D eigenvalue weighted by atomic mass is 19.1. The minimum atomic E-state index is -0.475. The zero-order valence-electron chi connectivity index (χ0n) is 19.5. The van der Waals surface area contributed by atoms with E-state index in [0.29, 0.717) is 29.1 Å². The van der Waals surface area contributed by atoms with Crippen LogP contribution in [0, 0.1) is 17.7 Å². The first-order valence-electron chi connectivity index (χ1n) is 11.5. The molecule has 33 heavy (non-hydrogen) atoms. The Morgan fingerprint density at radius 1 is 1.12 bits per heavy atom. The van der Waals surface area contributed by atoms with Crippen LogP contribution in [0.15, 0.2) is 36.5 Å². The van der Waals surface area contributed by atoms with Gasteiger partial charge in [-0.2, -0.15) is 0 Å². The number of hydrogen-bond donors (Lipinski definition) is 1. The number of H-pyrrole nitrogens is 1. The quantitative estimate of drug-likeness (QED) is 0.552. The molecular formula is C26H30FN3O3. The fraction of sp³-hybridized carbons (Fsp3) is 0.462. The van der Waals surface area contributed by atoms with Gasteiger partial charge in [-0.1, -0.05) is 0 Å². The number of carbonyl (C=O) groups excluding carboxylic acids is 1. The van der Waals surface area contributed by atoms with Crippen molar-refractivity contribution in [3.8, 4) is 16.9 Å². The summed E-state index contributed by atoms with van der Waals surface area (Å²) in [6, 6.07) is 8.62. The summed E-state index contributed by atoms with van der Waals surface area (Å²) >= 11 is 0. The second kappa shape index (κ2) is 8.04. The van der Waals surface area contributed by atoms with Gasteiger partial charge >= 0.3 is 6.09 Å². The smallest absolute Gasteiger partial charge is 0.410 e. The Morgan fingerprint density at radius 2 is 1.85 bits per heavy atom. The van der Waals surface area contributed by atoms with E-state index in [-0.39, 0.29) is 11.9 Å². The predicted molar refractivity (Wildman–Crippen MR) is 125 cm³/mol. The molecule has 0 radical (unpaired) electrons. The van der Waals surface area contributed by atoms with Crippen LogP contribution in [0.4, 0.5) is 9.18 Å². The standard InChI is InChI=1S/C26H30FN3O3/c1-26(2,3)33-25(31)30-13-16-9-15(10-17(16)14-30)22-12-21-19(7-8-28-24(21)29-22)20-11-18(27)5-6-23(20)32-4/h5-8,11-12,15-17H,9-10,13-14H2,1-4H3,(H,28,29). The van der Waals surface area contributed by atoms with E-state index in [1.165, 1.54) is 12.1 Å². The van der Waals surface area contributed by atoms with Gasteiger partial charge in [0.15, 0.2) is 0 Å². The van der Waals surface area contributed by atoms with Gasteiger partial charge in [0.05, 0.1) is 7.11 Å². The van der Waals surface area contributed by atoms with E-state index in [9.17, 15) is 9.18 Å². The highest BCUT2D eigenvalue weighted by Gasteiger charge is 2.44. The predicted octanol–water partition coefficient (Wildman–Crippen LogP) is 5.74. The number of aromatic nitrogens is 2. The zero-order valence-corrected chi connectivity index (χ0v) is 19.5. The molecule has 2 fully saturated rings. The van der Waals surface area contributed by atoms with Crippen molar-refractivity contribution in [1.82, 2.24) is 14.9 Å². The van der Waals surface area contributed by atoms with Crippen molar-refractivity contribution in [1.29, 1.82) is 0 Å². The molecule has 3 heterocycles. The minimum Gasteiger partial charge on any atom is -0.496 e. The average molecular weight is 452 g/mol. The van der Waals surface area contributed by atoms with E-state index in [4.69, 9.17) is 9.47 Å². The highest BCUT2D eigenvalue weighted by Crippen LogP contribution is 2.47. The van der Waals surface area contributed by atoms with Crippen LogP contribution >= 0.6 is 0 Å². The number of carbonyl (C=O) groups is 1. The third-order valence-corrected chi connectivity index (χ3v) is 6.85. The van der Waals surface area contributed by atoms with Crippen LogP contribution < -0.4 is 4.74 Å². The molecule has 5 rings (SSSR count). The first kappa shape index (κ1) is 21.7. The summed E-state index contributed by atoms with van der Waals surface area (Å²) in [4.78, 5) is 22.3. The number of nitrogens with zero attached hydrogens (tertiary/aromatic N) is 2. The van der Waals surface area contributed by atoms with Gasteiger partial charge < -0.3 is 19.4 Å². The van der Waals surface area contributed by atoms with Crippen molar-refractivity contribution in [2.45, 2.75) is 45.1 Å². The molecule has 1 aliphatic carbocycles. The summed E-state index contributed by atoms with van der Waals surface area (Å²) in [6.45, 7) is 7.20. The number of ether oxygens (including phenoxy) is 2. The van der Waals surface area contributed by atoms with Gasteiger partial charge in [-0.05, 0) is 87.3 Å². The van der Waals surface area contributed by atoms with Crippen molar-refractivity contribution >= 4 is 17.1 Å². The number of halogens is 1. The van der Waals surface area contributed by atoms with Crippen LogP contribution in [0.2, 0.25) is 0 Å². The molecule has 7 heteroatoms. The summed E-state index contributed by atoms with van der Waals surface area (Å²) in [5.41, 5.74) is 3.08. The largest absolute Gasteiger partial charge is 0.496 e.